The van der Waals surface area contributed by atoms with Gasteiger partial charge in [0.2, 0.25) is 10.0 Å². The second-order valence-corrected chi connectivity index (χ2v) is 8.78. The van der Waals surface area contributed by atoms with Crippen LogP contribution in [0.5, 0.6) is 0 Å². The lowest BCUT2D eigenvalue weighted by atomic mass is 9.92. The molecule has 138 valence electrons. The number of aromatic nitrogens is 5. The van der Waals surface area contributed by atoms with Gasteiger partial charge in [-0.2, -0.15) is 14.5 Å². The number of sulfonamides is 1. The van der Waals surface area contributed by atoms with E-state index in [0.29, 0.717) is 23.7 Å². The Bertz CT molecular complexity index is 1060. The zero-order chi connectivity index (χ0) is 18.5. The summed E-state index contributed by atoms with van der Waals surface area (Å²) in [5.41, 5.74) is 3.51. The summed E-state index contributed by atoms with van der Waals surface area (Å²) in [6.45, 7) is 4.75. The second-order valence-electron chi connectivity index (χ2n) is 6.87. The number of hydrogen-bond donors (Lipinski definition) is 0. The summed E-state index contributed by atoms with van der Waals surface area (Å²) >= 11 is 0. The van der Waals surface area contributed by atoms with Crippen molar-refractivity contribution in [1.82, 2.24) is 28.7 Å². The highest BCUT2D eigenvalue weighted by atomic mass is 32.2. The van der Waals surface area contributed by atoms with Gasteiger partial charge in [-0.05, 0) is 38.3 Å². The Morgan fingerprint density at radius 3 is 2.54 bits per heavy atom. The lowest BCUT2D eigenvalue weighted by Crippen LogP contribution is -2.38. The van der Waals surface area contributed by atoms with Gasteiger partial charge in [0.25, 0.3) is 0 Å². The van der Waals surface area contributed by atoms with Crippen molar-refractivity contribution in [3.63, 3.8) is 0 Å². The van der Waals surface area contributed by atoms with E-state index in [1.54, 1.807) is 39.9 Å². The van der Waals surface area contributed by atoms with E-state index >= 15 is 0 Å². The zero-order valence-corrected chi connectivity index (χ0v) is 15.9. The molecule has 4 heterocycles. The largest absolute Gasteiger partial charge is 0.274 e. The van der Waals surface area contributed by atoms with Gasteiger partial charge in [-0.1, -0.05) is 0 Å². The Hall–Kier alpha value is -2.26. The Balaban J connectivity index is 1.55. The van der Waals surface area contributed by atoms with Gasteiger partial charge >= 0.3 is 0 Å². The van der Waals surface area contributed by atoms with Gasteiger partial charge in [0.15, 0.2) is 5.65 Å². The Labute approximate surface area is 152 Å². The molecule has 0 spiro atoms. The minimum absolute atomic E-state index is 0.253. The van der Waals surface area contributed by atoms with Crippen molar-refractivity contribution in [2.75, 3.05) is 13.1 Å². The van der Waals surface area contributed by atoms with E-state index in [1.165, 1.54) is 0 Å². The highest BCUT2D eigenvalue weighted by molar-refractivity contribution is 7.89. The molecule has 4 rings (SSSR count). The number of piperidine rings is 1. The predicted molar refractivity (Wildman–Crippen MR) is 96.4 cm³/mol. The smallest absolute Gasteiger partial charge is 0.246 e. The maximum absolute atomic E-state index is 12.9. The van der Waals surface area contributed by atoms with Gasteiger partial charge in [0, 0.05) is 44.6 Å². The molecule has 8 nitrogen and oxygen atoms in total. The summed E-state index contributed by atoms with van der Waals surface area (Å²) in [4.78, 5) is 4.56. The third kappa shape index (κ3) is 2.80. The lowest BCUT2D eigenvalue weighted by molar-refractivity contribution is 0.315. The average molecular weight is 374 g/mol. The van der Waals surface area contributed by atoms with Crippen LogP contribution in [-0.2, 0) is 17.1 Å². The molecular formula is C17H22N6O2S. The topological polar surface area (TPSA) is 85.4 Å². The number of imidazole rings is 1. The van der Waals surface area contributed by atoms with E-state index in [4.69, 9.17) is 5.10 Å². The van der Waals surface area contributed by atoms with Crippen LogP contribution in [0.15, 0.2) is 29.6 Å². The molecule has 1 saturated heterocycles. The van der Waals surface area contributed by atoms with Crippen LogP contribution < -0.4 is 0 Å². The van der Waals surface area contributed by atoms with E-state index in [-0.39, 0.29) is 5.92 Å². The fourth-order valence-electron chi connectivity index (χ4n) is 3.70. The van der Waals surface area contributed by atoms with Crippen molar-refractivity contribution < 1.29 is 8.42 Å². The van der Waals surface area contributed by atoms with E-state index < -0.39 is 10.0 Å². The molecule has 0 bridgehead atoms. The van der Waals surface area contributed by atoms with Gasteiger partial charge in [-0.3, -0.25) is 4.68 Å². The number of nitrogens with zero attached hydrogens (tertiary/aromatic N) is 6. The molecule has 0 unspecified atom stereocenters. The zero-order valence-electron chi connectivity index (χ0n) is 15.1. The summed E-state index contributed by atoms with van der Waals surface area (Å²) in [6, 6.07) is 2.03. The van der Waals surface area contributed by atoms with E-state index in [0.717, 1.165) is 29.7 Å². The highest BCUT2D eigenvalue weighted by Crippen LogP contribution is 2.31. The van der Waals surface area contributed by atoms with Crippen LogP contribution in [0.3, 0.4) is 0 Å². The summed E-state index contributed by atoms with van der Waals surface area (Å²) < 4.78 is 30.7. The van der Waals surface area contributed by atoms with E-state index in [2.05, 4.69) is 10.1 Å². The van der Waals surface area contributed by atoms with Crippen molar-refractivity contribution in [1.29, 1.82) is 0 Å². The molecule has 0 saturated carbocycles. The Kier molecular flexibility index (Phi) is 4.07. The van der Waals surface area contributed by atoms with Crippen LogP contribution in [0, 0.1) is 13.8 Å². The second kappa shape index (κ2) is 6.17. The summed E-state index contributed by atoms with van der Waals surface area (Å²) in [5.74, 6) is 0.253. The molecule has 1 fully saturated rings. The molecular weight excluding hydrogens is 352 g/mol. The van der Waals surface area contributed by atoms with Crippen LogP contribution >= 0.6 is 0 Å². The molecule has 3 aromatic rings. The fourth-order valence-corrected chi connectivity index (χ4v) is 5.37. The molecule has 0 radical (unpaired) electrons. The van der Waals surface area contributed by atoms with Crippen LogP contribution in [0.25, 0.3) is 5.65 Å². The first-order valence-electron chi connectivity index (χ1n) is 8.67. The predicted octanol–water partition coefficient (Wildman–Crippen LogP) is 1.65. The van der Waals surface area contributed by atoms with Gasteiger partial charge in [-0.25, -0.2) is 17.9 Å². The van der Waals surface area contributed by atoms with Crippen LogP contribution in [0.2, 0.25) is 0 Å². The Morgan fingerprint density at radius 2 is 1.88 bits per heavy atom. The molecule has 0 aromatic carbocycles. The first kappa shape index (κ1) is 17.2. The van der Waals surface area contributed by atoms with Crippen LogP contribution in [0.4, 0.5) is 0 Å². The molecule has 9 heteroatoms. The molecule has 1 aliphatic heterocycles. The van der Waals surface area contributed by atoms with Gasteiger partial charge in [0.05, 0.1) is 11.4 Å². The third-order valence-electron chi connectivity index (χ3n) is 5.04. The lowest BCUT2D eigenvalue weighted by Gasteiger charge is -2.31. The van der Waals surface area contributed by atoms with E-state index in [9.17, 15) is 8.42 Å². The van der Waals surface area contributed by atoms with Gasteiger partial charge in [-0.15, -0.1) is 0 Å². The third-order valence-corrected chi connectivity index (χ3v) is 7.04. The molecule has 0 aliphatic carbocycles. The Morgan fingerprint density at radius 1 is 1.15 bits per heavy atom. The van der Waals surface area contributed by atoms with Crippen molar-refractivity contribution in [3.8, 4) is 0 Å². The number of rotatable bonds is 3. The number of fused-ring (bicyclic) bond motifs is 1. The van der Waals surface area contributed by atoms with Gasteiger partial charge < -0.3 is 0 Å². The molecule has 3 aromatic heterocycles. The standard InChI is InChI=1S/C17H22N6O2S/c1-12-10-16-18-6-9-23(16)20-17(12)14-4-7-22(8-5-14)26(24,25)15-11-21(3)19-13(15)2/h6,9-11,14H,4-5,7-8H2,1-3H3. The quantitative estimate of drug-likeness (QED) is 0.696. The number of hydrogen-bond acceptors (Lipinski definition) is 5. The van der Waals surface area contributed by atoms with Crippen molar-refractivity contribution in [3.05, 3.63) is 41.6 Å². The van der Waals surface area contributed by atoms with Crippen molar-refractivity contribution >= 4 is 15.7 Å². The fraction of sp³-hybridized carbons (Fsp3) is 0.471. The molecule has 26 heavy (non-hydrogen) atoms. The van der Waals surface area contributed by atoms with Crippen molar-refractivity contribution in [2.45, 2.75) is 37.5 Å². The maximum atomic E-state index is 12.9. The molecule has 0 atom stereocenters. The van der Waals surface area contributed by atoms with Crippen LogP contribution in [0.1, 0.15) is 35.7 Å². The van der Waals surface area contributed by atoms with Crippen molar-refractivity contribution in [2.24, 2.45) is 7.05 Å². The molecule has 1 aliphatic rings. The normalized spacial score (nSPS) is 17.2. The summed E-state index contributed by atoms with van der Waals surface area (Å²) in [7, 11) is -1.76. The average Bonchev–Trinajstić information content (AvgIpc) is 3.19. The summed E-state index contributed by atoms with van der Waals surface area (Å²) in [6.07, 6.45) is 6.66. The molecule has 0 amide bonds. The first-order chi connectivity index (χ1) is 12.4. The van der Waals surface area contributed by atoms with Gasteiger partial charge in [0.1, 0.15) is 4.90 Å². The summed E-state index contributed by atoms with van der Waals surface area (Å²) in [5, 5.41) is 8.86. The highest BCUT2D eigenvalue weighted by Gasteiger charge is 2.33. The SMILES string of the molecule is Cc1cc2nccn2nc1C1CCN(S(=O)(=O)c2cn(C)nc2C)CC1. The van der Waals surface area contributed by atoms with Crippen LogP contribution in [-0.4, -0.2) is 50.2 Å². The minimum Gasteiger partial charge on any atom is -0.274 e. The number of aryl methyl sites for hydroxylation is 3. The van der Waals surface area contributed by atoms with E-state index in [1.807, 2.05) is 19.2 Å². The molecule has 0 N–H and O–H groups in total. The minimum atomic E-state index is -3.50. The first-order valence-corrected chi connectivity index (χ1v) is 10.1. The maximum Gasteiger partial charge on any atom is 0.246 e. The monoisotopic (exact) mass is 374 g/mol.